The molecule has 5 rings (SSSR count). The van der Waals surface area contributed by atoms with Crippen LogP contribution in [0.25, 0.3) is 6.08 Å². The topological polar surface area (TPSA) is 45.7 Å². The Labute approximate surface area is 166 Å². The van der Waals surface area contributed by atoms with Crippen molar-refractivity contribution >= 4 is 12.0 Å². The van der Waals surface area contributed by atoms with Crippen LogP contribution in [0.15, 0.2) is 54.7 Å². The van der Waals surface area contributed by atoms with E-state index in [-0.39, 0.29) is 5.91 Å². The fourth-order valence-electron chi connectivity index (χ4n) is 4.26. The maximum absolute atomic E-state index is 12.9. The first-order valence-electron chi connectivity index (χ1n) is 9.98. The third-order valence-electron chi connectivity index (χ3n) is 5.76. The first-order valence-corrected chi connectivity index (χ1v) is 9.98. The summed E-state index contributed by atoms with van der Waals surface area (Å²) in [5.74, 6) is 1.48. The van der Waals surface area contributed by atoms with Crippen LogP contribution in [0.3, 0.4) is 0 Å². The summed E-state index contributed by atoms with van der Waals surface area (Å²) in [6.45, 7) is 3.61. The van der Waals surface area contributed by atoms with E-state index in [0.717, 1.165) is 38.3 Å². The molecule has 1 aromatic carbocycles. The Bertz CT molecular complexity index is 820. The van der Waals surface area contributed by atoms with Gasteiger partial charge in [0.1, 0.15) is 11.4 Å². The van der Waals surface area contributed by atoms with Crippen LogP contribution < -0.4 is 4.74 Å². The summed E-state index contributed by atoms with van der Waals surface area (Å²) in [5, 5.41) is 0. The first-order chi connectivity index (χ1) is 13.7. The molecule has 4 heterocycles. The number of carbonyl (C=O) groups is 1. The number of hydrogen-bond acceptors (Lipinski definition) is 4. The summed E-state index contributed by atoms with van der Waals surface area (Å²) < 4.78 is 5.21. The quantitative estimate of drug-likeness (QED) is 0.802. The highest BCUT2D eigenvalue weighted by Gasteiger charge is 2.36. The van der Waals surface area contributed by atoms with Crippen molar-refractivity contribution in [3.05, 3.63) is 66.0 Å². The molecule has 5 nitrogen and oxygen atoms in total. The molecule has 0 spiro atoms. The van der Waals surface area contributed by atoms with Gasteiger partial charge >= 0.3 is 0 Å². The molecule has 5 heteroatoms. The SMILES string of the molecule is COc1ccc(C=CCN2C[C@H]3CC[C@@H]2CN(C(=O)c2ccccn2)C3)cc1. The van der Waals surface area contributed by atoms with Crippen molar-refractivity contribution in [3.63, 3.8) is 0 Å². The lowest BCUT2D eigenvalue weighted by Crippen LogP contribution is -2.44. The fourth-order valence-corrected chi connectivity index (χ4v) is 4.26. The van der Waals surface area contributed by atoms with Crippen LogP contribution in [0.1, 0.15) is 28.9 Å². The second-order valence-corrected chi connectivity index (χ2v) is 7.65. The van der Waals surface area contributed by atoms with Crippen molar-refractivity contribution in [2.75, 3.05) is 33.3 Å². The summed E-state index contributed by atoms with van der Waals surface area (Å²) >= 11 is 0. The zero-order chi connectivity index (χ0) is 19.3. The zero-order valence-electron chi connectivity index (χ0n) is 16.3. The smallest absolute Gasteiger partial charge is 0.272 e. The monoisotopic (exact) mass is 377 g/mol. The molecule has 3 fully saturated rings. The minimum absolute atomic E-state index is 0.0631. The van der Waals surface area contributed by atoms with Crippen molar-refractivity contribution < 1.29 is 9.53 Å². The molecule has 0 unspecified atom stereocenters. The van der Waals surface area contributed by atoms with E-state index in [9.17, 15) is 4.79 Å². The summed E-state index contributed by atoms with van der Waals surface area (Å²) in [4.78, 5) is 21.6. The number of fused-ring (bicyclic) bond motifs is 4. The summed E-state index contributed by atoms with van der Waals surface area (Å²) in [6, 6.07) is 14.1. The van der Waals surface area contributed by atoms with Crippen molar-refractivity contribution in [2.24, 2.45) is 5.92 Å². The Kier molecular flexibility index (Phi) is 5.72. The number of piperidine rings is 1. The number of aromatic nitrogens is 1. The molecule has 2 atom stereocenters. The van der Waals surface area contributed by atoms with Crippen LogP contribution in [-0.4, -0.2) is 60.0 Å². The lowest BCUT2D eigenvalue weighted by atomic mass is 9.95. The summed E-state index contributed by atoms with van der Waals surface area (Å²) in [7, 11) is 1.68. The van der Waals surface area contributed by atoms with Crippen molar-refractivity contribution in [3.8, 4) is 5.75 Å². The first kappa shape index (κ1) is 18.7. The number of rotatable bonds is 5. The molecule has 3 saturated heterocycles. The number of ether oxygens (including phenoxy) is 1. The molecule has 0 aliphatic carbocycles. The Morgan fingerprint density at radius 3 is 2.75 bits per heavy atom. The number of nitrogens with zero attached hydrogens (tertiary/aromatic N) is 3. The average Bonchev–Trinajstić information content (AvgIpc) is 3.06. The highest BCUT2D eigenvalue weighted by Crippen LogP contribution is 2.28. The van der Waals surface area contributed by atoms with Gasteiger partial charge in [0, 0.05) is 38.4 Å². The lowest BCUT2D eigenvalue weighted by Gasteiger charge is -2.35. The van der Waals surface area contributed by atoms with E-state index in [2.05, 4.69) is 34.2 Å². The predicted octanol–water partition coefficient (Wildman–Crippen LogP) is 3.34. The number of pyridine rings is 1. The third kappa shape index (κ3) is 4.25. The Morgan fingerprint density at radius 1 is 1.14 bits per heavy atom. The van der Waals surface area contributed by atoms with Crippen molar-refractivity contribution in [1.82, 2.24) is 14.8 Å². The molecule has 0 N–H and O–H groups in total. The summed E-state index contributed by atoms with van der Waals surface area (Å²) in [6.07, 6.45) is 8.45. The molecule has 1 amide bonds. The Balaban J connectivity index is 1.39. The Morgan fingerprint density at radius 2 is 2.00 bits per heavy atom. The molecular weight excluding hydrogens is 350 g/mol. The van der Waals surface area contributed by atoms with Crippen LogP contribution in [0, 0.1) is 5.92 Å². The normalized spacial score (nSPS) is 22.4. The molecule has 28 heavy (non-hydrogen) atoms. The van der Waals surface area contributed by atoms with Crippen LogP contribution in [0.4, 0.5) is 0 Å². The largest absolute Gasteiger partial charge is 0.497 e. The number of carbonyl (C=O) groups excluding carboxylic acids is 1. The van der Waals surface area contributed by atoms with Gasteiger partial charge in [-0.2, -0.15) is 0 Å². The van der Waals surface area contributed by atoms with E-state index < -0.39 is 0 Å². The zero-order valence-corrected chi connectivity index (χ0v) is 16.3. The predicted molar refractivity (Wildman–Crippen MR) is 110 cm³/mol. The Hall–Kier alpha value is -2.66. The molecule has 2 bridgehead atoms. The summed E-state index contributed by atoms with van der Waals surface area (Å²) in [5.41, 5.74) is 1.72. The minimum Gasteiger partial charge on any atom is -0.497 e. The van der Waals surface area contributed by atoms with Gasteiger partial charge < -0.3 is 9.64 Å². The third-order valence-corrected chi connectivity index (χ3v) is 5.76. The fraction of sp³-hybridized carbons (Fsp3) is 0.391. The van der Waals surface area contributed by atoms with Gasteiger partial charge in [-0.05, 0) is 48.6 Å². The van der Waals surface area contributed by atoms with Gasteiger partial charge in [0.15, 0.2) is 0 Å². The average molecular weight is 377 g/mol. The van der Waals surface area contributed by atoms with E-state index in [1.807, 2.05) is 35.2 Å². The second-order valence-electron chi connectivity index (χ2n) is 7.65. The molecule has 0 radical (unpaired) electrons. The number of amides is 1. The second kappa shape index (κ2) is 8.57. The standard InChI is InChI=1S/C23H27N3O2/c1-28-21-11-8-18(9-12-21)5-4-14-25-15-19-7-10-20(25)17-26(16-19)23(27)22-6-2-3-13-24-22/h2-6,8-9,11-13,19-20H,7,10,14-17H2,1H3/t19-,20-/m1/s1. The maximum Gasteiger partial charge on any atom is 0.272 e. The molecule has 2 aromatic rings. The van der Waals surface area contributed by atoms with Gasteiger partial charge in [0.25, 0.3) is 5.91 Å². The lowest BCUT2D eigenvalue weighted by molar-refractivity contribution is 0.0734. The highest BCUT2D eigenvalue weighted by atomic mass is 16.5. The van der Waals surface area contributed by atoms with Gasteiger partial charge in [-0.25, -0.2) is 0 Å². The van der Waals surface area contributed by atoms with E-state index >= 15 is 0 Å². The maximum atomic E-state index is 12.9. The van der Waals surface area contributed by atoms with Gasteiger partial charge in [0.2, 0.25) is 0 Å². The van der Waals surface area contributed by atoms with Gasteiger partial charge in [-0.3, -0.25) is 14.7 Å². The van der Waals surface area contributed by atoms with E-state index in [1.165, 1.54) is 12.0 Å². The highest BCUT2D eigenvalue weighted by molar-refractivity contribution is 5.92. The molecule has 3 aliphatic heterocycles. The molecule has 3 aliphatic rings. The number of benzene rings is 1. The van der Waals surface area contributed by atoms with E-state index in [4.69, 9.17) is 4.74 Å². The van der Waals surface area contributed by atoms with Crippen LogP contribution in [0.2, 0.25) is 0 Å². The van der Waals surface area contributed by atoms with Crippen LogP contribution in [0.5, 0.6) is 5.75 Å². The van der Waals surface area contributed by atoms with Crippen LogP contribution in [-0.2, 0) is 0 Å². The van der Waals surface area contributed by atoms with Crippen molar-refractivity contribution in [1.29, 1.82) is 0 Å². The molecule has 146 valence electrons. The minimum atomic E-state index is 0.0631. The van der Waals surface area contributed by atoms with Crippen molar-refractivity contribution in [2.45, 2.75) is 18.9 Å². The van der Waals surface area contributed by atoms with Gasteiger partial charge in [-0.15, -0.1) is 0 Å². The molecular formula is C23H27N3O2. The number of hydrogen-bond donors (Lipinski definition) is 0. The molecule has 1 aromatic heterocycles. The van der Waals surface area contributed by atoms with Gasteiger partial charge in [-0.1, -0.05) is 30.4 Å². The van der Waals surface area contributed by atoms with E-state index in [1.54, 1.807) is 13.3 Å². The van der Waals surface area contributed by atoms with Crippen LogP contribution >= 0.6 is 0 Å². The molecule has 0 saturated carbocycles. The van der Waals surface area contributed by atoms with Gasteiger partial charge in [0.05, 0.1) is 7.11 Å². The van der Waals surface area contributed by atoms with E-state index in [0.29, 0.717) is 17.7 Å². The number of methoxy groups -OCH3 is 1.